The number of nitro benzene ring substituents is 3. The molecule has 10 nitrogen and oxygen atoms in total. The first kappa shape index (κ1) is 12.0. The zero-order valence-corrected chi connectivity index (χ0v) is 7.89. The number of nitriles is 1. The monoisotopic (exact) mass is 238 g/mol. The Hall–Kier alpha value is -3.09. The highest BCUT2D eigenvalue weighted by Gasteiger charge is 2.30. The molecule has 0 aliphatic heterocycles. The molecule has 0 aliphatic carbocycles. The molecule has 0 unspecified atom stereocenters. The fourth-order valence-corrected chi connectivity index (χ4v) is 1.11. The van der Waals surface area contributed by atoms with Crippen LogP contribution < -0.4 is 0 Å². The zero-order chi connectivity index (χ0) is 13.2. The molecular weight excluding hydrogens is 236 g/mol. The van der Waals surface area contributed by atoms with E-state index < -0.39 is 37.4 Å². The normalized spacial score (nSPS) is 9.35. The van der Waals surface area contributed by atoms with E-state index in [1.165, 1.54) is 6.07 Å². The van der Waals surface area contributed by atoms with Gasteiger partial charge < -0.3 is 0 Å². The van der Waals surface area contributed by atoms with E-state index in [-0.39, 0.29) is 0 Å². The number of benzene rings is 1. The van der Waals surface area contributed by atoms with Crippen molar-refractivity contribution in [2.45, 2.75) is 0 Å². The minimum atomic E-state index is -1.08. The predicted molar refractivity (Wildman–Crippen MR) is 51.1 cm³/mol. The highest BCUT2D eigenvalue weighted by Crippen LogP contribution is 2.32. The predicted octanol–water partition coefficient (Wildman–Crippen LogP) is 1.28. The molecule has 0 atom stereocenters. The van der Waals surface area contributed by atoms with E-state index in [0.29, 0.717) is 12.1 Å². The summed E-state index contributed by atoms with van der Waals surface area (Å²) in [5, 5.41) is 40.1. The third-order valence-electron chi connectivity index (χ3n) is 1.80. The molecule has 0 N–H and O–H groups in total. The molecule has 1 aromatic carbocycles. The van der Waals surface area contributed by atoms with E-state index in [2.05, 4.69) is 0 Å². The maximum absolute atomic E-state index is 10.5. The van der Waals surface area contributed by atoms with Gasteiger partial charge in [0.25, 0.3) is 5.69 Å². The van der Waals surface area contributed by atoms with Crippen LogP contribution in [0.2, 0.25) is 0 Å². The molecule has 0 radical (unpaired) electrons. The summed E-state index contributed by atoms with van der Waals surface area (Å²) in [4.78, 5) is 28.3. The Morgan fingerprint density at radius 2 is 1.35 bits per heavy atom. The Balaban J connectivity index is 3.71. The van der Waals surface area contributed by atoms with Gasteiger partial charge in [0.2, 0.25) is 5.56 Å². The Labute approximate surface area is 92.1 Å². The van der Waals surface area contributed by atoms with E-state index in [4.69, 9.17) is 5.26 Å². The molecule has 0 aromatic heterocycles. The largest absolute Gasteiger partial charge is 0.301 e. The van der Waals surface area contributed by atoms with Gasteiger partial charge in [0.15, 0.2) is 0 Å². The van der Waals surface area contributed by atoms with Crippen LogP contribution >= 0.6 is 0 Å². The SMILES string of the molecule is N#Cc1c([N+](=O)[O-])cc([N+](=O)[O-])cc1[N+](=O)[O-]. The lowest BCUT2D eigenvalue weighted by Crippen LogP contribution is -2.00. The van der Waals surface area contributed by atoms with Crippen molar-refractivity contribution in [1.29, 1.82) is 5.26 Å². The van der Waals surface area contributed by atoms with Gasteiger partial charge in [-0.25, -0.2) is 0 Å². The number of nitro groups is 3. The first-order valence-corrected chi connectivity index (χ1v) is 3.89. The van der Waals surface area contributed by atoms with Gasteiger partial charge in [-0.05, 0) is 0 Å². The topological polar surface area (TPSA) is 153 Å². The molecule has 0 fully saturated rings. The molecule has 0 bridgehead atoms. The van der Waals surface area contributed by atoms with Gasteiger partial charge in [-0.1, -0.05) is 0 Å². The highest BCUT2D eigenvalue weighted by atomic mass is 16.6. The van der Waals surface area contributed by atoms with Crippen LogP contribution in [0.5, 0.6) is 0 Å². The second-order valence-corrected chi connectivity index (χ2v) is 2.74. The summed E-state index contributed by atoms with van der Waals surface area (Å²) in [5.74, 6) is 0. The third-order valence-corrected chi connectivity index (χ3v) is 1.80. The Morgan fingerprint density at radius 1 is 0.941 bits per heavy atom. The van der Waals surface area contributed by atoms with Crippen molar-refractivity contribution in [1.82, 2.24) is 0 Å². The van der Waals surface area contributed by atoms with E-state index in [1.807, 2.05) is 0 Å². The fourth-order valence-electron chi connectivity index (χ4n) is 1.11. The number of hydrogen-bond acceptors (Lipinski definition) is 7. The lowest BCUT2D eigenvalue weighted by atomic mass is 10.1. The van der Waals surface area contributed by atoms with Crippen LogP contribution in [0.1, 0.15) is 5.56 Å². The zero-order valence-electron chi connectivity index (χ0n) is 7.89. The van der Waals surface area contributed by atoms with E-state index >= 15 is 0 Å². The van der Waals surface area contributed by atoms with Gasteiger partial charge in [-0.2, -0.15) is 5.26 Å². The highest BCUT2D eigenvalue weighted by molar-refractivity contribution is 5.65. The summed E-state index contributed by atoms with van der Waals surface area (Å²) in [6, 6.07) is 2.30. The van der Waals surface area contributed by atoms with Gasteiger partial charge in [0.05, 0.1) is 26.9 Å². The van der Waals surface area contributed by atoms with Gasteiger partial charge >= 0.3 is 11.4 Å². The molecule has 0 spiro atoms. The quantitative estimate of drug-likeness (QED) is 0.567. The lowest BCUT2D eigenvalue weighted by Gasteiger charge is -1.97. The molecule has 1 rings (SSSR count). The van der Waals surface area contributed by atoms with E-state index in [9.17, 15) is 30.3 Å². The molecule has 0 aliphatic rings. The molecular formula is C7H2N4O6. The van der Waals surface area contributed by atoms with Crippen molar-refractivity contribution in [3.63, 3.8) is 0 Å². The van der Waals surface area contributed by atoms with Crippen LogP contribution in [0.25, 0.3) is 0 Å². The maximum Gasteiger partial charge on any atom is 0.301 e. The lowest BCUT2D eigenvalue weighted by molar-refractivity contribution is -0.403. The summed E-state index contributed by atoms with van der Waals surface area (Å²) in [6.07, 6.45) is 0. The number of non-ortho nitro benzene ring substituents is 1. The van der Waals surface area contributed by atoms with Crippen LogP contribution in [0.15, 0.2) is 12.1 Å². The molecule has 0 amide bonds. The van der Waals surface area contributed by atoms with Gasteiger partial charge in [0.1, 0.15) is 6.07 Å². The molecule has 0 heterocycles. The molecule has 0 saturated carbocycles. The van der Waals surface area contributed by atoms with Crippen LogP contribution in [-0.4, -0.2) is 14.8 Å². The maximum atomic E-state index is 10.5. The van der Waals surface area contributed by atoms with Crippen LogP contribution in [-0.2, 0) is 0 Å². The van der Waals surface area contributed by atoms with Crippen molar-refractivity contribution >= 4 is 17.1 Å². The third kappa shape index (κ3) is 2.12. The molecule has 0 saturated heterocycles. The average Bonchev–Trinajstić information content (AvgIpc) is 2.26. The van der Waals surface area contributed by atoms with Crippen LogP contribution in [0.4, 0.5) is 17.1 Å². The van der Waals surface area contributed by atoms with Crippen LogP contribution in [0, 0.1) is 41.7 Å². The summed E-state index contributed by atoms with van der Waals surface area (Å²) in [6.45, 7) is 0. The Morgan fingerprint density at radius 3 is 1.59 bits per heavy atom. The van der Waals surface area contributed by atoms with Crippen molar-refractivity contribution < 1.29 is 14.8 Å². The smallest absolute Gasteiger partial charge is 0.258 e. The van der Waals surface area contributed by atoms with Crippen molar-refractivity contribution in [2.75, 3.05) is 0 Å². The minimum Gasteiger partial charge on any atom is -0.258 e. The summed E-state index contributed by atoms with van der Waals surface area (Å²) >= 11 is 0. The van der Waals surface area contributed by atoms with Gasteiger partial charge in [-0.15, -0.1) is 0 Å². The second kappa shape index (κ2) is 4.19. The number of hydrogen-bond donors (Lipinski definition) is 0. The van der Waals surface area contributed by atoms with Crippen molar-refractivity contribution in [3.8, 4) is 6.07 Å². The molecule has 1 aromatic rings. The second-order valence-electron chi connectivity index (χ2n) is 2.74. The average molecular weight is 238 g/mol. The number of rotatable bonds is 3. The Kier molecular flexibility index (Phi) is 2.95. The van der Waals surface area contributed by atoms with Gasteiger partial charge in [0, 0.05) is 0 Å². The minimum absolute atomic E-state index is 0.506. The molecule has 10 heteroatoms. The van der Waals surface area contributed by atoms with Crippen molar-refractivity contribution in [2.24, 2.45) is 0 Å². The van der Waals surface area contributed by atoms with Gasteiger partial charge in [-0.3, -0.25) is 30.3 Å². The molecule has 17 heavy (non-hydrogen) atoms. The van der Waals surface area contributed by atoms with E-state index in [1.54, 1.807) is 0 Å². The van der Waals surface area contributed by atoms with Crippen molar-refractivity contribution in [3.05, 3.63) is 48.0 Å². The number of nitrogens with zero attached hydrogens (tertiary/aromatic N) is 4. The standard InChI is InChI=1S/C7H2N4O6/c8-3-5-6(10(14)15)1-4(9(12)13)2-7(5)11(16)17/h1-2H. The fraction of sp³-hybridized carbons (Fsp3) is 0. The van der Waals surface area contributed by atoms with E-state index in [0.717, 1.165) is 0 Å². The summed E-state index contributed by atoms with van der Waals surface area (Å²) in [7, 11) is 0. The summed E-state index contributed by atoms with van der Waals surface area (Å²) < 4.78 is 0. The first-order valence-electron chi connectivity index (χ1n) is 3.89. The summed E-state index contributed by atoms with van der Waals surface area (Å²) in [5.41, 5.74) is -3.56. The Bertz CT molecular complexity index is 539. The first-order chi connectivity index (χ1) is 7.88. The molecule has 86 valence electrons. The van der Waals surface area contributed by atoms with Crippen LogP contribution in [0.3, 0.4) is 0 Å².